The number of nitrogens with zero attached hydrogens (tertiary/aromatic N) is 1. The maximum atomic E-state index is 13.0. The lowest BCUT2D eigenvalue weighted by Gasteiger charge is -2.33. The molecule has 0 radical (unpaired) electrons. The Balaban J connectivity index is 1.52. The number of sulfonamides is 1. The second-order valence-electron chi connectivity index (χ2n) is 6.36. The Morgan fingerprint density at radius 2 is 1.73 bits per heavy atom. The molecule has 1 aromatic carbocycles. The van der Waals surface area contributed by atoms with Crippen LogP contribution in [0.4, 0.5) is 4.39 Å². The number of hydrogen-bond donors (Lipinski definition) is 1. The predicted molar refractivity (Wildman–Crippen MR) is 84.5 cm³/mol. The van der Waals surface area contributed by atoms with Gasteiger partial charge in [-0.3, -0.25) is 0 Å². The normalized spacial score (nSPS) is 22.6. The maximum absolute atomic E-state index is 13.0. The van der Waals surface area contributed by atoms with Crippen LogP contribution in [0.2, 0.25) is 0 Å². The molecule has 1 aliphatic heterocycles. The average Bonchev–Trinajstić information content (AvgIpc) is 3.33. The summed E-state index contributed by atoms with van der Waals surface area (Å²) < 4.78 is 39.0. The van der Waals surface area contributed by atoms with Crippen LogP contribution in [0.3, 0.4) is 0 Å². The molecule has 0 amide bonds. The summed E-state index contributed by atoms with van der Waals surface area (Å²) >= 11 is 0. The molecular formula is C16H23FN2O2S. The zero-order chi connectivity index (χ0) is 15.7. The van der Waals surface area contributed by atoms with Crippen molar-refractivity contribution in [3.8, 4) is 0 Å². The van der Waals surface area contributed by atoms with E-state index in [-0.39, 0.29) is 17.1 Å². The summed E-state index contributed by atoms with van der Waals surface area (Å²) in [4.78, 5) is 0. The van der Waals surface area contributed by atoms with Crippen LogP contribution in [0.5, 0.6) is 0 Å². The maximum Gasteiger partial charge on any atom is 0.216 e. The first kappa shape index (κ1) is 15.9. The number of hydrogen-bond acceptors (Lipinski definition) is 3. The van der Waals surface area contributed by atoms with E-state index >= 15 is 0 Å². The van der Waals surface area contributed by atoms with Gasteiger partial charge in [0.25, 0.3) is 0 Å². The number of piperidine rings is 1. The van der Waals surface area contributed by atoms with Crippen LogP contribution in [0.25, 0.3) is 0 Å². The van der Waals surface area contributed by atoms with Gasteiger partial charge in [-0.1, -0.05) is 12.1 Å². The van der Waals surface area contributed by atoms with E-state index in [1.807, 2.05) is 0 Å². The van der Waals surface area contributed by atoms with Crippen molar-refractivity contribution in [1.82, 2.24) is 9.62 Å². The van der Waals surface area contributed by atoms with E-state index in [4.69, 9.17) is 0 Å². The van der Waals surface area contributed by atoms with E-state index < -0.39 is 10.0 Å². The fourth-order valence-corrected chi connectivity index (χ4v) is 4.93. The zero-order valence-corrected chi connectivity index (χ0v) is 13.7. The van der Waals surface area contributed by atoms with Gasteiger partial charge in [0.05, 0.1) is 5.25 Å². The molecule has 3 rings (SSSR count). The lowest BCUT2D eigenvalue weighted by molar-refractivity contribution is 0.277. The summed E-state index contributed by atoms with van der Waals surface area (Å²) in [7, 11) is -3.03. The summed E-state index contributed by atoms with van der Waals surface area (Å²) in [6.07, 6.45) is 3.30. The molecule has 1 aromatic rings. The molecule has 1 saturated heterocycles. The molecule has 0 aromatic heterocycles. The van der Waals surface area contributed by atoms with Gasteiger partial charge >= 0.3 is 0 Å². The Morgan fingerprint density at radius 1 is 1.14 bits per heavy atom. The van der Waals surface area contributed by atoms with Crippen LogP contribution < -0.4 is 5.32 Å². The van der Waals surface area contributed by atoms with Gasteiger partial charge in [0.2, 0.25) is 10.0 Å². The Hall–Kier alpha value is -0.980. The standard InChI is InChI=1S/C16H23FN2O2S/c1-12(13-2-4-14(17)5-3-13)18-15-8-10-19(11-9-15)22(20,21)16-6-7-16/h2-5,12,15-16,18H,6-11H2,1H3/t12-/m1/s1. The van der Waals surface area contributed by atoms with Crippen molar-refractivity contribution in [2.45, 2.75) is 49.9 Å². The number of rotatable bonds is 5. The van der Waals surface area contributed by atoms with Crippen LogP contribution >= 0.6 is 0 Å². The van der Waals surface area contributed by atoms with E-state index in [2.05, 4.69) is 12.2 Å². The van der Waals surface area contributed by atoms with Crippen LogP contribution in [0.1, 0.15) is 44.2 Å². The summed E-state index contributed by atoms with van der Waals surface area (Å²) in [5, 5.41) is 3.41. The van der Waals surface area contributed by atoms with Crippen molar-refractivity contribution in [3.05, 3.63) is 35.6 Å². The number of halogens is 1. The van der Waals surface area contributed by atoms with Crippen molar-refractivity contribution in [1.29, 1.82) is 0 Å². The van der Waals surface area contributed by atoms with Crippen molar-refractivity contribution >= 4 is 10.0 Å². The monoisotopic (exact) mass is 326 g/mol. The highest BCUT2D eigenvalue weighted by molar-refractivity contribution is 7.90. The number of nitrogens with one attached hydrogen (secondary N) is 1. The quantitative estimate of drug-likeness (QED) is 0.904. The average molecular weight is 326 g/mol. The third-order valence-corrected chi connectivity index (χ3v) is 7.01. The molecule has 0 bridgehead atoms. The minimum Gasteiger partial charge on any atom is -0.307 e. The molecule has 1 saturated carbocycles. The van der Waals surface area contributed by atoms with Gasteiger partial charge in [0.1, 0.15) is 5.82 Å². The lowest BCUT2D eigenvalue weighted by atomic mass is 10.0. The second kappa shape index (κ2) is 6.26. The molecule has 1 N–H and O–H groups in total. The van der Waals surface area contributed by atoms with E-state index in [0.29, 0.717) is 19.1 Å². The zero-order valence-electron chi connectivity index (χ0n) is 12.8. The van der Waals surface area contributed by atoms with Gasteiger partial charge in [-0.05, 0) is 50.3 Å². The Kier molecular flexibility index (Phi) is 4.52. The number of benzene rings is 1. The molecule has 6 heteroatoms. The van der Waals surface area contributed by atoms with Crippen LogP contribution in [0.15, 0.2) is 24.3 Å². The Morgan fingerprint density at radius 3 is 2.27 bits per heavy atom. The third kappa shape index (κ3) is 3.50. The summed E-state index contributed by atoms with van der Waals surface area (Å²) in [6, 6.07) is 6.97. The summed E-state index contributed by atoms with van der Waals surface area (Å²) in [6.45, 7) is 3.26. The fraction of sp³-hybridized carbons (Fsp3) is 0.625. The molecule has 1 heterocycles. The topological polar surface area (TPSA) is 49.4 Å². The van der Waals surface area contributed by atoms with E-state index in [0.717, 1.165) is 31.2 Å². The smallest absolute Gasteiger partial charge is 0.216 e. The molecule has 0 unspecified atom stereocenters. The Labute approximate surface area is 131 Å². The van der Waals surface area contributed by atoms with Gasteiger partial charge in [0, 0.05) is 25.2 Å². The molecular weight excluding hydrogens is 303 g/mol. The van der Waals surface area contributed by atoms with Gasteiger partial charge in [-0.25, -0.2) is 17.1 Å². The van der Waals surface area contributed by atoms with Crippen LogP contribution in [-0.4, -0.2) is 37.1 Å². The molecule has 4 nitrogen and oxygen atoms in total. The van der Waals surface area contributed by atoms with Gasteiger partial charge in [-0.15, -0.1) is 0 Å². The minimum absolute atomic E-state index is 0.116. The first-order valence-electron chi connectivity index (χ1n) is 7.97. The lowest BCUT2D eigenvalue weighted by Crippen LogP contribution is -2.46. The highest BCUT2D eigenvalue weighted by atomic mass is 32.2. The first-order valence-corrected chi connectivity index (χ1v) is 9.47. The Bertz CT molecular complexity index is 606. The van der Waals surface area contributed by atoms with Gasteiger partial charge in [0.15, 0.2) is 0 Å². The molecule has 0 spiro atoms. The van der Waals surface area contributed by atoms with E-state index in [1.54, 1.807) is 16.4 Å². The minimum atomic E-state index is -3.03. The van der Waals surface area contributed by atoms with Crippen molar-refractivity contribution in [2.24, 2.45) is 0 Å². The van der Waals surface area contributed by atoms with Gasteiger partial charge in [-0.2, -0.15) is 0 Å². The third-order valence-electron chi connectivity index (χ3n) is 4.62. The predicted octanol–water partition coefficient (Wildman–Crippen LogP) is 2.43. The van der Waals surface area contributed by atoms with Gasteiger partial charge < -0.3 is 5.32 Å². The molecule has 2 aliphatic rings. The van der Waals surface area contributed by atoms with E-state index in [1.165, 1.54) is 12.1 Å². The molecule has 122 valence electrons. The molecule has 22 heavy (non-hydrogen) atoms. The van der Waals surface area contributed by atoms with Crippen LogP contribution in [-0.2, 0) is 10.0 Å². The van der Waals surface area contributed by atoms with Crippen molar-refractivity contribution in [2.75, 3.05) is 13.1 Å². The second-order valence-corrected chi connectivity index (χ2v) is 8.57. The highest BCUT2D eigenvalue weighted by Gasteiger charge is 2.41. The first-order chi connectivity index (χ1) is 10.5. The molecule has 1 aliphatic carbocycles. The van der Waals surface area contributed by atoms with Crippen molar-refractivity contribution in [3.63, 3.8) is 0 Å². The van der Waals surface area contributed by atoms with Crippen LogP contribution in [0, 0.1) is 5.82 Å². The SMILES string of the molecule is C[C@@H](NC1CCN(S(=O)(=O)C2CC2)CC1)c1ccc(F)cc1. The largest absolute Gasteiger partial charge is 0.307 e. The molecule has 1 atom stereocenters. The molecule has 2 fully saturated rings. The summed E-state index contributed by atoms with van der Waals surface area (Å²) in [5.41, 5.74) is 1.05. The van der Waals surface area contributed by atoms with Crippen molar-refractivity contribution < 1.29 is 12.8 Å². The van der Waals surface area contributed by atoms with E-state index in [9.17, 15) is 12.8 Å². The highest BCUT2D eigenvalue weighted by Crippen LogP contribution is 2.32. The summed E-state index contributed by atoms with van der Waals surface area (Å²) in [5.74, 6) is -0.227. The fourth-order valence-electron chi connectivity index (χ4n) is 3.05.